The van der Waals surface area contributed by atoms with Crippen LogP contribution < -0.4 is 9.80 Å². The average molecular weight is 442 g/mol. The molecule has 166 valence electrons. The summed E-state index contributed by atoms with van der Waals surface area (Å²) in [5, 5.41) is 8.87. The maximum absolute atomic E-state index is 13.2. The van der Waals surface area contributed by atoms with Gasteiger partial charge in [0.2, 0.25) is 10.0 Å². The third-order valence-corrected chi connectivity index (χ3v) is 8.73. The number of aryl methyl sites for hydroxylation is 2. The number of piperidine rings is 1. The van der Waals surface area contributed by atoms with E-state index >= 15 is 0 Å². The summed E-state index contributed by atoms with van der Waals surface area (Å²) in [6.07, 6.45) is 8.11. The molecule has 31 heavy (non-hydrogen) atoms. The van der Waals surface area contributed by atoms with Crippen LogP contribution in [0.3, 0.4) is 0 Å². The first kappa shape index (κ1) is 20.7. The minimum Gasteiger partial charge on any atom is -0.355 e. The monoisotopic (exact) mass is 441 g/mol. The molecule has 0 spiro atoms. The van der Waals surface area contributed by atoms with E-state index in [2.05, 4.69) is 20.0 Å². The van der Waals surface area contributed by atoms with Gasteiger partial charge in [-0.3, -0.25) is 0 Å². The topological polar surface area (TPSA) is 69.6 Å². The first-order valence-corrected chi connectivity index (χ1v) is 13.0. The van der Waals surface area contributed by atoms with Gasteiger partial charge in [-0.25, -0.2) is 8.42 Å². The molecule has 2 saturated heterocycles. The van der Waals surface area contributed by atoms with Crippen molar-refractivity contribution < 1.29 is 8.42 Å². The Kier molecular flexibility index (Phi) is 5.84. The van der Waals surface area contributed by atoms with E-state index in [1.165, 1.54) is 36.8 Å². The average Bonchev–Trinajstić information content (AvgIpc) is 2.84. The van der Waals surface area contributed by atoms with E-state index in [0.29, 0.717) is 31.1 Å². The molecular formula is C23H31N5O2S. The van der Waals surface area contributed by atoms with Gasteiger partial charge in [0.15, 0.2) is 11.6 Å². The Bertz CT molecular complexity index is 1010. The summed E-state index contributed by atoms with van der Waals surface area (Å²) in [7, 11) is -3.46. The summed E-state index contributed by atoms with van der Waals surface area (Å²) in [5.41, 5.74) is 2.51. The van der Waals surface area contributed by atoms with Gasteiger partial charge in [-0.15, -0.1) is 10.2 Å². The maximum Gasteiger partial charge on any atom is 0.243 e. The number of hydrogen-bond acceptors (Lipinski definition) is 6. The van der Waals surface area contributed by atoms with E-state index in [1.807, 2.05) is 24.3 Å². The van der Waals surface area contributed by atoms with Crippen molar-refractivity contribution >= 4 is 21.7 Å². The Hall–Kier alpha value is -2.19. The van der Waals surface area contributed by atoms with Gasteiger partial charge in [0.05, 0.1) is 4.90 Å². The summed E-state index contributed by atoms with van der Waals surface area (Å²) >= 11 is 0. The van der Waals surface area contributed by atoms with Crippen LogP contribution in [0.25, 0.3) is 0 Å². The number of sulfonamides is 1. The van der Waals surface area contributed by atoms with Crippen LogP contribution >= 0.6 is 0 Å². The number of anilines is 2. The second-order valence-corrected chi connectivity index (χ2v) is 10.8. The van der Waals surface area contributed by atoms with E-state index in [0.717, 1.165) is 44.0 Å². The molecule has 1 aromatic heterocycles. The van der Waals surface area contributed by atoms with Crippen LogP contribution in [0.4, 0.5) is 11.6 Å². The molecule has 0 N–H and O–H groups in total. The summed E-state index contributed by atoms with van der Waals surface area (Å²) in [6, 6.07) is 9.77. The quantitative estimate of drug-likeness (QED) is 0.727. The van der Waals surface area contributed by atoms with Crippen molar-refractivity contribution in [1.29, 1.82) is 0 Å². The van der Waals surface area contributed by atoms with Crippen LogP contribution in [0.5, 0.6) is 0 Å². The molecule has 1 aromatic carbocycles. The van der Waals surface area contributed by atoms with Crippen LogP contribution in [-0.2, 0) is 22.9 Å². The molecule has 2 fully saturated rings. The molecule has 0 amide bonds. The highest BCUT2D eigenvalue weighted by Gasteiger charge is 2.30. The minimum atomic E-state index is -3.46. The fraction of sp³-hybridized carbons (Fsp3) is 0.565. The van der Waals surface area contributed by atoms with Crippen molar-refractivity contribution in [2.45, 2.75) is 49.8 Å². The molecule has 5 rings (SSSR count). The van der Waals surface area contributed by atoms with E-state index < -0.39 is 10.0 Å². The van der Waals surface area contributed by atoms with Gasteiger partial charge in [0.25, 0.3) is 0 Å². The molecule has 8 heteroatoms. The molecule has 3 aliphatic rings. The zero-order chi connectivity index (χ0) is 21.3. The fourth-order valence-corrected chi connectivity index (χ4v) is 6.43. The van der Waals surface area contributed by atoms with Crippen LogP contribution in [0.2, 0.25) is 0 Å². The maximum atomic E-state index is 13.2. The zero-order valence-corrected chi connectivity index (χ0v) is 18.9. The van der Waals surface area contributed by atoms with E-state index in [9.17, 15) is 8.42 Å². The van der Waals surface area contributed by atoms with Gasteiger partial charge in [-0.1, -0.05) is 6.07 Å². The lowest BCUT2D eigenvalue weighted by Gasteiger charge is -2.35. The van der Waals surface area contributed by atoms with E-state index in [1.54, 1.807) is 10.4 Å². The highest BCUT2D eigenvalue weighted by molar-refractivity contribution is 7.89. The van der Waals surface area contributed by atoms with Crippen molar-refractivity contribution in [1.82, 2.24) is 14.5 Å². The van der Waals surface area contributed by atoms with Crippen LogP contribution in [0.15, 0.2) is 35.2 Å². The third-order valence-electron chi connectivity index (χ3n) is 6.84. The largest absolute Gasteiger partial charge is 0.355 e. The summed E-state index contributed by atoms with van der Waals surface area (Å²) in [6.45, 7) is 4.29. The lowest BCUT2D eigenvalue weighted by atomic mass is 9.92. The Labute approximate surface area is 185 Å². The van der Waals surface area contributed by atoms with Crippen molar-refractivity contribution in [2.75, 3.05) is 49.1 Å². The van der Waals surface area contributed by atoms with E-state index in [4.69, 9.17) is 0 Å². The van der Waals surface area contributed by atoms with Crippen LogP contribution in [-0.4, -0.2) is 62.2 Å². The number of nitrogens with zero attached hydrogens (tertiary/aromatic N) is 5. The Balaban J connectivity index is 1.23. The van der Waals surface area contributed by atoms with Crippen LogP contribution in [0.1, 0.15) is 43.2 Å². The number of hydrogen-bond donors (Lipinski definition) is 0. The molecule has 0 unspecified atom stereocenters. The Morgan fingerprint density at radius 1 is 0.645 bits per heavy atom. The summed E-state index contributed by atoms with van der Waals surface area (Å²) in [5.74, 6) is 1.77. The molecule has 0 atom stereocenters. The van der Waals surface area contributed by atoms with Gasteiger partial charge in [-0.2, -0.15) is 4.31 Å². The Morgan fingerprint density at radius 3 is 1.90 bits per heavy atom. The summed E-state index contributed by atoms with van der Waals surface area (Å²) < 4.78 is 28.0. The van der Waals surface area contributed by atoms with Gasteiger partial charge >= 0.3 is 0 Å². The molecule has 0 bridgehead atoms. The molecule has 2 aliphatic heterocycles. The molecule has 0 saturated carbocycles. The van der Waals surface area contributed by atoms with Crippen LogP contribution in [0, 0.1) is 0 Å². The SMILES string of the molecule is O=S(=O)(c1ccc2c(c1)CCCC2)N1CCN(c2ccc(N3CCCCC3)nn2)CC1. The standard InChI is InChI=1S/C23H31N5O2S/c29-31(30,21-9-8-19-6-2-3-7-20(19)18-21)28-16-14-27(15-17-28)23-11-10-22(24-25-23)26-12-4-1-5-13-26/h8-11,18H,1-7,12-17H2. The summed E-state index contributed by atoms with van der Waals surface area (Å²) in [4.78, 5) is 4.86. The minimum absolute atomic E-state index is 0.437. The fourth-order valence-electron chi connectivity index (χ4n) is 4.96. The van der Waals surface area contributed by atoms with Crippen molar-refractivity contribution in [3.63, 3.8) is 0 Å². The second-order valence-electron chi connectivity index (χ2n) is 8.83. The number of aromatic nitrogens is 2. The molecule has 3 heterocycles. The highest BCUT2D eigenvalue weighted by Crippen LogP contribution is 2.27. The first-order valence-electron chi connectivity index (χ1n) is 11.6. The normalized spacial score (nSPS) is 20.5. The predicted molar refractivity (Wildman–Crippen MR) is 122 cm³/mol. The molecular weight excluding hydrogens is 410 g/mol. The lowest BCUT2D eigenvalue weighted by molar-refractivity contribution is 0.383. The highest BCUT2D eigenvalue weighted by atomic mass is 32.2. The smallest absolute Gasteiger partial charge is 0.243 e. The predicted octanol–water partition coefficient (Wildman–Crippen LogP) is 2.86. The van der Waals surface area contributed by atoms with E-state index in [-0.39, 0.29) is 0 Å². The molecule has 1 aliphatic carbocycles. The van der Waals surface area contributed by atoms with Gasteiger partial charge in [0.1, 0.15) is 0 Å². The number of benzene rings is 1. The van der Waals surface area contributed by atoms with Crippen molar-refractivity contribution in [3.8, 4) is 0 Å². The van der Waals surface area contributed by atoms with Gasteiger partial charge in [-0.05, 0) is 80.3 Å². The third kappa shape index (κ3) is 4.28. The van der Waals surface area contributed by atoms with Crippen molar-refractivity contribution in [3.05, 3.63) is 41.5 Å². The Morgan fingerprint density at radius 2 is 1.26 bits per heavy atom. The number of rotatable bonds is 4. The number of piperazine rings is 1. The van der Waals surface area contributed by atoms with Gasteiger partial charge in [0, 0.05) is 39.3 Å². The molecule has 7 nitrogen and oxygen atoms in total. The zero-order valence-electron chi connectivity index (χ0n) is 18.0. The van der Waals surface area contributed by atoms with Gasteiger partial charge < -0.3 is 9.80 Å². The lowest BCUT2D eigenvalue weighted by Crippen LogP contribution is -2.49. The molecule has 2 aromatic rings. The van der Waals surface area contributed by atoms with Crippen molar-refractivity contribution in [2.24, 2.45) is 0 Å². The first-order chi connectivity index (χ1) is 15.1. The second kappa shape index (κ2) is 8.74. The molecule has 0 radical (unpaired) electrons. The number of fused-ring (bicyclic) bond motifs is 1.